The standard InChI is InChI=1S/C29H34N2O5/c32-29(33)31-14-16-35-26(19-31)12-15-34-25-9-7-23(8-10-25)27-11-13-30-18-28(27)36-20-21-5-6-22-3-1-2-4-24(22)17-21/h1-10,17,26-28,30H,11-16,18-20H2,(H,32,33)/p-1. The van der Waals surface area contributed by atoms with E-state index in [1.165, 1.54) is 26.8 Å². The van der Waals surface area contributed by atoms with Gasteiger partial charge in [-0.3, -0.25) is 0 Å². The lowest BCUT2D eigenvalue weighted by molar-refractivity contribution is -0.270. The second-order valence-corrected chi connectivity index (χ2v) is 9.54. The molecule has 1 amide bonds. The fourth-order valence-electron chi connectivity index (χ4n) is 5.10. The molecule has 1 N–H and O–H groups in total. The van der Waals surface area contributed by atoms with Gasteiger partial charge < -0.3 is 34.3 Å². The molecule has 2 aliphatic heterocycles. The van der Waals surface area contributed by atoms with Crippen LogP contribution in [0.1, 0.15) is 29.9 Å². The molecule has 2 saturated heterocycles. The number of morpholine rings is 1. The predicted octanol–water partition coefficient (Wildman–Crippen LogP) is 3.32. The first-order chi connectivity index (χ1) is 17.7. The van der Waals surface area contributed by atoms with E-state index in [-0.39, 0.29) is 12.2 Å². The van der Waals surface area contributed by atoms with Crippen LogP contribution in [0.4, 0.5) is 4.79 Å². The van der Waals surface area contributed by atoms with E-state index in [1.807, 2.05) is 12.1 Å². The molecule has 2 fully saturated rings. The van der Waals surface area contributed by atoms with E-state index in [1.54, 1.807) is 0 Å². The van der Waals surface area contributed by atoms with Crippen LogP contribution < -0.4 is 15.2 Å². The number of fused-ring (bicyclic) bond motifs is 1. The van der Waals surface area contributed by atoms with Crippen LogP contribution in [-0.4, -0.2) is 62.6 Å². The monoisotopic (exact) mass is 489 g/mol. The summed E-state index contributed by atoms with van der Waals surface area (Å²) in [6.07, 6.45) is 0.455. The van der Waals surface area contributed by atoms with Crippen LogP contribution in [0, 0.1) is 0 Å². The lowest BCUT2D eigenvalue weighted by atomic mass is 9.87. The molecule has 3 atom stereocenters. The van der Waals surface area contributed by atoms with E-state index in [2.05, 4.69) is 59.9 Å². The molecule has 0 bridgehead atoms. The van der Waals surface area contributed by atoms with Crippen molar-refractivity contribution < 1.29 is 24.1 Å². The first-order valence-electron chi connectivity index (χ1n) is 12.8. The summed E-state index contributed by atoms with van der Waals surface area (Å²) in [5.41, 5.74) is 2.44. The molecule has 2 heterocycles. The molecule has 0 aliphatic carbocycles. The van der Waals surface area contributed by atoms with Crippen molar-refractivity contribution in [3.63, 3.8) is 0 Å². The Bertz CT molecular complexity index is 1150. The number of hydrogen-bond donors (Lipinski definition) is 1. The summed E-state index contributed by atoms with van der Waals surface area (Å²) >= 11 is 0. The minimum Gasteiger partial charge on any atom is -0.530 e. The minimum atomic E-state index is -1.14. The highest BCUT2D eigenvalue weighted by Crippen LogP contribution is 2.30. The maximum absolute atomic E-state index is 11.1. The van der Waals surface area contributed by atoms with Crippen molar-refractivity contribution in [3.05, 3.63) is 77.9 Å². The number of benzene rings is 3. The van der Waals surface area contributed by atoms with Crippen LogP contribution in [0.3, 0.4) is 0 Å². The molecule has 0 radical (unpaired) electrons. The van der Waals surface area contributed by atoms with Gasteiger partial charge in [-0.05, 0) is 53.1 Å². The van der Waals surface area contributed by atoms with Crippen LogP contribution in [-0.2, 0) is 16.1 Å². The zero-order valence-electron chi connectivity index (χ0n) is 20.4. The molecule has 5 rings (SSSR count). The van der Waals surface area contributed by atoms with Gasteiger partial charge in [-0.1, -0.05) is 48.5 Å². The van der Waals surface area contributed by atoms with Crippen LogP contribution in [0.2, 0.25) is 0 Å². The van der Waals surface area contributed by atoms with Crippen molar-refractivity contribution in [1.29, 1.82) is 0 Å². The lowest BCUT2D eigenvalue weighted by Crippen LogP contribution is -2.50. The molecule has 0 saturated carbocycles. The topological polar surface area (TPSA) is 83.1 Å². The van der Waals surface area contributed by atoms with Gasteiger partial charge in [-0.25, -0.2) is 0 Å². The molecule has 0 aromatic heterocycles. The summed E-state index contributed by atoms with van der Waals surface area (Å²) in [7, 11) is 0. The van der Waals surface area contributed by atoms with Crippen molar-refractivity contribution in [2.45, 2.75) is 37.6 Å². The van der Waals surface area contributed by atoms with Gasteiger partial charge in [-0.2, -0.15) is 0 Å². The normalized spacial score (nSPS) is 22.4. The molecule has 36 heavy (non-hydrogen) atoms. The Balaban J connectivity index is 1.13. The van der Waals surface area contributed by atoms with E-state index in [0.29, 0.717) is 45.2 Å². The van der Waals surface area contributed by atoms with Crippen LogP contribution in [0.15, 0.2) is 66.7 Å². The lowest BCUT2D eigenvalue weighted by Gasteiger charge is -2.34. The molecule has 3 unspecified atom stereocenters. The Kier molecular flexibility index (Phi) is 8.01. The molecule has 0 spiro atoms. The summed E-state index contributed by atoms with van der Waals surface area (Å²) in [6, 6.07) is 23.2. The molecule has 2 aliphatic rings. The molecule has 190 valence electrons. The summed E-state index contributed by atoms with van der Waals surface area (Å²) in [6.45, 7) is 3.96. The Labute approximate surface area is 212 Å². The summed E-state index contributed by atoms with van der Waals surface area (Å²) in [4.78, 5) is 12.3. The van der Waals surface area contributed by atoms with E-state index in [4.69, 9.17) is 14.2 Å². The Hall–Kier alpha value is -3.13. The SMILES string of the molecule is O=C([O-])N1CCOC(CCOc2ccc(C3CCNCC3OCc3ccc4ccccc4c3)cc2)C1. The third kappa shape index (κ3) is 6.16. The van der Waals surface area contributed by atoms with Crippen molar-refractivity contribution in [2.24, 2.45) is 0 Å². The molecule has 3 aromatic rings. The fraction of sp³-hybridized carbons (Fsp3) is 0.414. The number of nitrogens with one attached hydrogen (secondary N) is 1. The zero-order chi connectivity index (χ0) is 24.7. The number of ether oxygens (including phenoxy) is 3. The van der Waals surface area contributed by atoms with Gasteiger partial charge in [0.05, 0.1) is 32.0 Å². The number of carbonyl (C=O) groups excluding carboxylic acids is 1. The fourth-order valence-corrected chi connectivity index (χ4v) is 5.10. The summed E-state index contributed by atoms with van der Waals surface area (Å²) in [5.74, 6) is 1.13. The number of carboxylic acid groups (broad SMARTS) is 1. The largest absolute Gasteiger partial charge is 0.530 e. The highest BCUT2D eigenvalue weighted by Gasteiger charge is 2.27. The Morgan fingerprint density at radius 1 is 1.08 bits per heavy atom. The molecular weight excluding hydrogens is 456 g/mol. The smallest absolute Gasteiger partial charge is 0.137 e. The third-order valence-corrected chi connectivity index (χ3v) is 7.12. The zero-order valence-corrected chi connectivity index (χ0v) is 20.4. The van der Waals surface area contributed by atoms with E-state index < -0.39 is 6.09 Å². The van der Waals surface area contributed by atoms with Gasteiger partial charge >= 0.3 is 0 Å². The first-order valence-corrected chi connectivity index (χ1v) is 12.8. The van der Waals surface area contributed by atoms with Crippen LogP contribution in [0.5, 0.6) is 5.75 Å². The number of amides is 1. The van der Waals surface area contributed by atoms with Crippen molar-refractivity contribution in [1.82, 2.24) is 10.2 Å². The Morgan fingerprint density at radius 3 is 2.75 bits per heavy atom. The number of rotatable bonds is 8. The molecule has 7 heteroatoms. The van der Waals surface area contributed by atoms with Crippen LogP contribution >= 0.6 is 0 Å². The molecular formula is C29H33N2O5-. The van der Waals surface area contributed by atoms with Gasteiger partial charge in [0.15, 0.2) is 0 Å². The Morgan fingerprint density at radius 2 is 1.92 bits per heavy atom. The predicted molar refractivity (Wildman–Crippen MR) is 136 cm³/mol. The van der Waals surface area contributed by atoms with Crippen LogP contribution in [0.25, 0.3) is 10.8 Å². The van der Waals surface area contributed by atoms with Crippen molar-refractivity contribution in [3.8, 4) is 5.75 Å². The van der Waals surface area contributed by atoms with E-state index in [0.717, 1.165) is 25.3 Å². The second-order valence-electron chi connectivity index (χ2n) is 9.54. The molecule has 7 nitrogen and oxygen atoms in total. The average molecular weight is 490 g/mol. The van der Waals surface area contributed by atoms with Crippen molar-refractivity contribution in [2.75, 3.05) is 39.4 Å². The minimum absolute atomic E-state index is 0.104. The highest BCUT2D eigenvalue weighted by atomic mass is 16.5. The average Bonchev–Trinajstić information content (AvgIpc) is 2.92. The third-order valence-electron chi connectivity index (χ3n) is 7.12. The second kappa shape index (κ2) is 11.7. The van der Waals surface area contributed by atoms with E-state index >= 15 is 0 Å². The van der Waals surface area contributed by atoms with Gasteiger partial charge in [-0.15, -0.1) is 0 Å². The van der Waals surface area contributed by atoms with Gasteiger partial charge in [0, 0.05) is 32.0 Å². The number of piperidine rings is 1. The first kappa shape index (κ1) is 24.6. The highest BCUT2D eigenvalue weighted by molar-refractivity contribution is 5.82. The number of nitrogens with zero attached hydrogens (tertiary/aromatic N) is 1. The molecule has 3 aromatic carbocycles. The van der Waals surface area contributed by atoms with Crippen molar-refractivity contribution >= 4 is 16.9 Å². The number of hydrogen-bond acceptors (Lipinski definition) is 6. The summed E-state index contributed by atoms with van der Waals surface area (Å²) < 4.78 is 18.0. The van der Waals surface area contributed by atoms with Gasteiger partial charge in [0.1, 0.15) is 11.8 Å². The maximum Gasteiger partial charge on any atom is 0.137 e. The van der Waals surface area contributed by atoms with Gasteiger partial charge in [0.2, 0.25) is 0 Å². The van der Waals surface area contributed by atoms with E-state index in [9.17, 15) is 9.90 Å². The number of carbonyl (C=O) groups is 1. The quantitative estimate of drug-likeness (QED) is 0.523. The maximum atomic E-state index is 11.1. The summed E-state index contributed by atoms with van der Waals surface area (Å²) in [5, 5.41) is 17.0. The van der Waals surface area contributed by atoms with Gasteiger partial charge in [0.25, 0.3) is 0 Å².